The number of aliphatic imine (C=N–C) groups is 1. The average molecular weight is 307 g/mol. The number of hydrogen-bond donors (Lipinski definition) is 2. The van der Waals surface area contributed by atoms with Crippen LogP contribution in [0.4, 0.5) is 0 Å². The number of hydrogen-bond acceptors (Lipinski definition) is 3. The fourth-order valence-corrected chi connectivity index (χ4v) is 1.92. The molecule has 0 aliphatic heterocycles. The Hall–Kier alpha value is -2.01. The highest BCUT2D eigenvalue weighted by Crippen LogP contribution is 2.09. The van der Waals surface area contributed by atoms with Crippen molar-refractivity contribution >= 4 is 17.6 Å². The summed E-state index contributed by atoms with van der Waals surface area (Å²) < 4.78 is 4.78. The molecule has 1 aromatic heterocycles. The summed E-state index contributed by atoms with van der Waals surface area (Å²) >= 11 is 5.87. The molecule has 0 spiro atoms. The number of guanidine groups is 1. The Balaban J connectivity index is 1.82. The van der Waals surface area contributed by atoms with Crippen LogP contribution in [-0.2, 0) is 13.0 Å². The van der Waals surface area contributed by atoms with Crippen LogP contribution in [0.15, 0.2) is 46.1 Å². The molecular weight excluding hydrogens is 288 g/mol. The van der Waals surface area contributed by atoms with E-state index in [9.17, 15) is 0 Å². The van der Waals surface area contributed by atoms with E-state index < -0.39 is 0 Å². The van der Waals surface area contributed by atoms with Gasteiger partial charge in [0.1, 0.15) is 12.0 Å². The van der Waals surface area contributed by atoms with Crippen LogP contribution in [0.5, 0.6) is 0 Å². The van der Waals surface area contributed by atoms with Crippen LogP contribution in [0.2, 0.25) is 5.02 Å². The molecule has 2 rings (SSSR count). The first-order valence-corrected chi connectivity index (χ1v) is 7.31. The molecule has 112 valence electrons. The van der Waals surface area contributed by atoms with E-state index in [1.54, 1.807) is 12.3 Å². The number of nitrogens with zero attached hydrogens (tertiary/aromatic N) is 2. The van der Waals surface area contributed by atoms with Crippen LogP contribution in [0.1, 0.15) is 18.2 Å². The molecule has 1 aromatic carbocycles. The molecule has 1 heterocycles. The molecule has 2 aromatic rings. The molecule has 0 aliphatic rings. The third-order valence-electron chi connectivity index (χ3n) is 2.85. The van der Waals surface area contributed by atoms with Gasteiger partial charge >= 0.3 is 0 Å². The van der Waals surface area contributed by atoms with E-state index in [-0.39, 0.29) is 0 Å². The van der Waals surface area contributed by atoms with Gasteiger partial charge in [0.05, 0.1) is 6.54 Å². The van der Waals surface area contributed by atoms with Crippen molar-refractivity contribution in [1.82, 2.24) is 15.8 Å². The minimum atomic E-state index is 0.493. The quantitative estimate of drug-likeness (QED) is 0.636. The van der Waals surface area contributed by atoms with Gasteiger partial charge in [0, 0.05) is 24.2 Å². The van der Waals surface area contributed by atoms with E-state index in [0.29, 0.717) is 6.54 Å². The molecule has 5 nitrogen and oxygen atoms in total. The Kier molecular flexibility index (Phi) is 6.09. The molecular formula is C15H19ClN4O. The molecule has 2 N–H and O–H groups in total. The first-order chi connectivity index (χ1) is 10.3. The summed E-state index contributed by atoms with van der Waals surface area (Å²) in [6.07, 6.45) is 2.46. The van der Waals surface area contributed by atoms with Crippen molar-refractivity contribution in [2.24, 2.45) is 4.99 Å². The van der Waals surface area contributed by atoms with Gasteiger partial charge in [0.25, 0.3) is 0 Å². The lowest BCUT2D eigenvalue weighted by Gasteiger charge is -2.11. The monoisotopic (exact) mass is 306 g/mol. The summed E-state index contributed by atoms with van der Waals surface area (Å²) in [5.74, 6) is 0.773. The second kappa shape index (κ2) is 8.32. The van der Waals surface area contributed by atoms with Gasteiger partial charge in [-0.05, 0) is 31.0 Å². The molecule has 21 heavy (non-hydrogen) atoms. The molecule has 0 atom stereocenters. The van der Waals surface area contributed by atoms with Gasteiger partial charge in [0.2, 0.25) is 0 Å². The van der Waals surface area contributed by atoms with Crippen LogP contribution in [0, 0.1) is 0 Å². The standard InChI is InChI=1S/C15H19ClN4O/c1-2-17-15(19-11-14-8-10-21-20-14)18-9-7-12-3-5-13(16)6-4-12/h3-6,8,10H,2,7,9,11H2,1H3,(H2,17,18,19). The molecule has 0 aliphatic carbocycles. The first kappa shape index (κ1) is 15.4. The summed E-state index contributed by atoms with van der Waals surface area (Å²) in [4.78, 5) is 4.45. The van der Waals surface area contributed by atoms with Crippen molar-refractivity contribution in [2.75, 3.05) is 13.1 Å². The lowest BCUT2D eigenvalue weighted by atomic mass is 10.1. The average Bonchev–Trinajstić information content (AvgIpc) is 3.00. The van der Waals surface area contributed by atoms with Gasteiger partial charge in [-0.3, -0.25) is 0 Å². The van der Waals surface area contributed by atoms with Gasteiger partial charge in [-0.2, -0.15) is 0 Å². The third kappa shape index (κ3) is 5.47. The van der Waals surface area contributed by atoms with Crippen molar-refractivity contribution in [3.8, 4) is 0 Å². The summed E-state index contributed by atoms with van der Waals surface area (Å²) in [5, 5.41) is 11.1. The Bertz CT molecular complexity index is 552. The first-order valence-electron chi connectivity index (χ1n) is 6.94. The number of aromatic nitrogens is 1. The molecule has 0 saturated carbocycles. The zero-order chi connectivity index (χ0) is 14.9. The minimum Gasteiger partial charge on any atom is -0.364 e. The molecule has 0 unspecified atom stereocenters. The molecule has 0 fully saturated rings. The highest BCUT2D eigenvalue weighted by atomic mass is 35.5. The second-order valence-corrected chi connectivity index (χ2v) is 4.93. The summed E-state index contributed by atoms with van der Waals surface area (Å²) in [5.41, 5.74) is 2.05. The highest BCUT2D eigenvalue weighted by Gasteiger charge is 2.00. The molecule has 0 saturated heterocycles. The number of rotatable bonds is 6. The van der Waals surface area contributed by atoms with Crippen LogP contribution < -0.4 is 10.6 Å². The SMILES string of the molecule is CCNC(=NCc1ccon1)NCCc1ccc(Cl)cc1. The highest BCUT2D eigenvalue weighted by molar-refractivity contribution is 6.30. The Morgan fingerprint density at radius 3 is 2.71 bits per heavy atom. The van der Waals surface area contributed by atoms with Gasteiger partial charge in [-0.15, -0.1) is 0 Å². The number of benzene rings is 1. The summed E-state index contributed by atoms with van der Waals surface area (Å²) in [6, 6.07) is 9.68. The Labute approximate surface area is 129 Å². The maximum atomic E-state index is 5.87. The summed E-state index contributed by atoms with van der Waals surface area (Å²) in [6.45, 7) is 4.14. The fraction of sp³-hybridized carbons (Fsp3) is 0.333. The van der Waals surface area contributed by atoms with Crippen molar-refractivity contribution in [1.29, 1.82) is 0 Å². The van der Waals surface area contributed by atoms with Gasteiger partial charge in [-0.25, -0.2) is 4.99 Å². The maximum absolute atomic E-state index is 5.87. The van der Waals surface area contributed by atoms with Crippen molar-refractivity contribution in [2.45, 2.75) is 19.9 Å². The van der Waals surface area contributed by atoms with E-state index in [0.717, 1.165) is 36.2 Å². The van der Waals surface area contributed by atoms with Crippen LogP contribution in [0.3, 0.4) is 0 Å². The molecule has 0 bridgehead atoms. The number of halogens is 1. The van der Waals surface area contributed by atoms with Gasteiger partial charge in [0.15, 0.2) is 5.96 Å². The van der Waals surface area contributed by atoms with Gasteiger partial charge < -0.3 is 15.2 Å². The van der Waals surface area contributed by atoms with E-state index in [1.807, 2.05) is 31.2 Å². The topological polar surface area (TPSA) is 62.5 Å². The van der Waals surface area contributed by atoms with Crippen LogP contribution in [0.25, 0.3) is 0 Å². The van der Waals surface area contributed by atoms with E-state index in [2.05, 4.69) is 20.8 Å². The predicted molar refractivity (Wildman–Crippen MR) is 84.5 cm³/mol. The van der Waals surface area contributed by atoms with Crippen LogP contribution >= 0.6 is 11.6 Å². The van der Waals surface area contributed by atoms with E-state index in [4.69, 9.17) is 16.1 Å². The largest absolute Gasteiger partial charge is 0.364 e. The normalized spacial score (nSPS) is 11.4. The van der Waals surface area contributed by atoms with Crippen LogP contribution in [-0.4, -0.2) is 24.2 Å². The molecule has 0 radical (unpaired) electrons. The fourth-order valence-electron chi connectivity index (χ4n) is 1.80. The van der Waals surface area contributed by atoms with Crippen molar-refractivity contribution < 1.29 is 4.52 Å². The number of nitrogens with one attached hydrogen (secondary N) is 2. The van der Waals surface area contributed by atoms with Gasteiger partial charge in [-0.1, -0.05) is 28.9 Å². The van der Waals surface area contributed by atoms with Crippen molar-refractivity contribution in [3.05, 3.63) is 52.9 Å². The Morgan fingerprint density at radius 1 is 1.24 bits per heavy atom. The second-order valence-electron chi connectivity index (χ2n) is 4.49. The Morgan fingerprint density at radius 2 is 2.05 bits per heavy atom. The molecule has 6 heteroatoms. The smallest absolute Gasteiger partial charge is 0.191 e. The van der Waals surface area contributed by atoms with E-state index in [1.165, 1.54) is 5.56 Å². The van der Waals surface area contributed by atoms with E-state index >= 15 is 0 Å². The van der Waals surface area contributed by atoms with Crippen molar-refractivity contribution in [3.63, 3.8) is 0 Å². The minimum absolute atomic E-state index is 0.493. The lowest BCUT2D eigenvalue weighted by Crippen LogP contribution is -2.38. The zero-order valence-electron chi connectivity index (χ0n) is 12.0. The third-order valence-corrected chi connectivity index (χ3v) is 3.11. The maximum Gasteiger partial charge on any atom is 0.191 e. The zero-order valence-corrected chi connectivity index (χ0v) is 12.7. The lowest BCUT2D eigenvalue weighted by molar-refractivity contribution is 0.412. The molecule has 0 amide bonds. The predicted octanol–water partition coefficient (Wildman–Crippen LogP) is 2.63. The summed E-state index contributed by atoms with van der Waals surface area (Å²) in [7, 11) is 0.